The van der Waals surface area contributed by atoms with E-state index in [2.05, 4.69) is 63.3 Å². The van der Waals surface area contributed by atoms with E-state index in [0.717, 1.165) is 12.5 Å². The second kappa shape index (κ2) is 8.31. The molecule has 1 nitrogen and oxygen atoms in total. The number of benzene rings is 1. The lowest BCUT2D eigenvalue weighted by Gasteiger charge is -2.28. The van der Waals surface area contributed by atoms with Crippen LogP contribution >= 0.6 is 0 Å². The van der Waals surface area contributed by atoms with Gasteiger partial charge >= 0.3 is 0 Å². The fourth-order valence-electron chi connectivity index (χ4n) is 2.62. The second-order valence-corrected chi connectivity index (χ2v) is 5.73. The first-order valence-corrected chi connectivity index (χ1v) is 7.42. The van der Waals surface area contributed by atoms with Crippen LogP contribution in [0.1, 0.15) is 46.1 Å². The van der Waals surface area contributed by atoms with Crippen molar-refractivity contribution in [3.05, 3.63) is 35.9 Å². The minimum atomic E-state index is 0.647. The van der Waals surface area contributed by atoms with Crippen molar-refractivity contribution in [2.24, 2.45) is 11.8 Å². The lowest BCUT2D eigenvalue weighted by Crippen LogP contribution is -2.39. The van der Waals surface area contributed by atoms with Crippen molar-refractivity contribution in [2.75, 3.05) is 6.54 Å². The van der Waals surface area contributed by atoms with E-state index in [9.17, 15) is 0 Å². The fraction of sp³-hybridized carbons (Fsp3) is 0.647. The quantitative estimate of drug-likeness (QED) is 0.723. The van der Waals surface area contributed by atoms with Gasteiger partial charge in [-0.05, 0) is 43.2 Å². The van der Waals surface area contributed by atoms with Gasteiger partial charge in [-0.25, -0.2) is 0 Å². The summed E-state index contributed by atoms with van der Waals surface area (Å²) < 4.78 is 0. The Labute approximate surface area is 113 Å². The maximum atomic E-state index is 3.70. The summed E-state index contributed by atoms with van der Waals surface area (Å²) in [4.78, 5) is 0. The Morgan fingerprint density at radius 3 is 2.28 bits per heavy atom. The number of rotatable bonds is 8. The molecule has 2 atom stereocenters. The van der Waals surface area contributed by atoms with Gasteiger partial charge in [0.15, 0.2) is 0 Å². The third-order valence-corrected chi connectivity index (χ3v) is 3.69. The van der Waals surface area contributed by atoms with Gasteiger partial charge in [-0.15, -0.1) is 0 Å². The molecule has 0 saturated carbocycles. The van der Waals surface area contributed by atoms with E-state index in [0.29, 0.717) is 12.0 Å². The first-order valence-electron chi connectivity index (χ1n) is 7.42. The highest BCUT2D eigenvalue weighted by atomic mass is 14.9. The molecule has 0 radical (unpaired) electrons. The van der Waals surface area contributed by atoms with Crippen LogP contribution in [0.25, 0.3) is 0 Å². The smallest absolute Gasteiger partial charge is 0.0116 e. The molecule has 0 aliphatic heterocycles. The van der Waals surface area contributed by atoms with Crippen molar-refractivity contribution in [3.8, 4) is 0 Å². The molecular formula is C17H29N. The highest BCUT2D eigenvalue weighted by Gasteiger charge is 2.19. The average Bonchev–Trinajstić information content (AvgIpc) is 2.37. The molecule has 0 bridgehead atoms. The van der Waals surface area contributed by atoms with E-state index in [1.165, 1.54) is 24.8 Å². The zero-order valence-corrected chi connectivity index (χ0v) is 12.4. The molecule has 0 aromatic heterocycles. The van der Waals surface area contributed by atoms with Crippen LogP contribution in [0.2, 0.25) is 0 Å². The first kappa shape index (κ1) is 15.2. The van der Waals surface area contributed by atoms with Gasteiger partial charge in [0.1, 0.15) is 0 Å². The van der Waals surface area contributed by atoms with Crippen LogP contribution in [0, 0.1) is 11.8 Å². The molecule has 102 valence electrons. The predicted molar refractivity (Wildman–Crippen MR) is 80.8 cm³/mol. The molecule has 0 heterocycles. The Balaban J connectivity index is 2.43. The summed E-state index contributed by atoms with van der Waals surface area (Å²) in [5, 5.41) is 3.70. The number of aryl methyl sites for hydroxylation is 1. The lowest BCUT2D eigenvalue weighted by molar-refractivity contribution is 0.286. The standard InChI is InChI=1S/C17H29N/c1-5-13-18-17(14(2)3)15(4)11-12-16-9-7-6-8-10-16/h6-10,14-15,17-18H,5,11-13H2,1-4H3. The number of hydrogen-bond donors (Lipinski definition) is 1. The molecule has 18 heavy (non-hydrogen) atoms. The predicted octanol–water partition coefficient (Wildman–Crippen LogP) is 4.28. The molecule has 1 aromatic rings. The van der Waals surface area contributed by atoms with Gasteiger partial charge in [0.25, 0.3) is 0 Å². The van der Waals surface area contributed by atoms with E-state index in [4.69, 9.17) is 0 Å². The van der Waals surface area contributed by atoms with Crippen molar-refractivity contribution in [1.82, 2.24) is 5.32 Å². The molecule has 0 fully saturated rings. The summed E-state index contributed by atoms with van der Waals surface area (Å²) in [6.07, 6.45) is 3.68. The van der Waals surface area contributed by atoms with Crippen molar-refractivity contribution in [1.29, 1.82) is 0 Å². The molecule has 0 saturated heterocycles. The van der Waals surface area contributed by atoms with Crippen LogP contribution in [0.3, 0.4) is 0 Å². The minimum absolute atomic E-state index is 0.647. The molecule has 0 aliphatic carbocycles. The first-order chi connectivity index (χ1) is 8.65. The summed E-state index contributed by atoms with van der Waals surface area (Å²) in [6.45, 7) is 10.4. The van der Waals surface area contributed by atoms with Gasteiger partial charge < -0.3 is 5.32 Å². The lowest BCUT2D eigenvalue weighted by atomic mass is 9.87. The number of hydrogen-bond acceptors (Lipinski definition) is 1. The van der Waals surface area contributed by atoms with Gasteiger partial charge in [-0.2, -0.15) is 0 Å². The van der Waals surface area contributed by atoms with Crippen LogP contribution in [0.4, 0.5) is 0 Å². The zero-order valence-electron chi connectivity index (χ0n) is 12.4. The summed E-state index contributed by atoms with van der Waals surface area (Å²) in [7, 11) is 0. The van der Waals surface area contributed by atoms with Crippen LogP contribution in [-0.4, -0.2) is 12.6 Å². The van der Waals surface area contributed by atoms with Gasteiger partial charge in [-0.3, -0.25) is 0 Å². The van der Waals surface area contributed by atoms with E-state index in [1.54, 1.807) is 0 Å². The van der Waals surface area contributed by atoms with Crippen molar-refractivity contribution in [3.63, 3.8) is 0 Å². The van der Waals surface area contributed by atoms with E-state index in [1.807, 2.05) is 0 Å². The maximum Gasteiger partial charge on any atom is 0.0116 e. The Kier molecular flexibility index (Phi) is 7.04. The van der Waals surface area contributed by atoms with Gasteiger partial charge in [0.2, 0.25) is 0 Å². The van der Waals surface area contributed by atoms with Crippen molar-refractivity contribution in [2.45, 2.75) is 53.0 Å². The third-order valence-electron chi connectivity index (χ3n) is 3.69. The summed E-state index contributed by atoms with van der Waals surface area (Å²) in [5.74, 6) is 1.44. The van der Waals surface area contributed by atoms with E-state index < -0.39 is 0 Å². The highest BCUT2D eigenvalue weighted by Crippen LogP contribution is 2.18. The van der Waals surface area contributed by atoms with Crippen molar-refractivity contribution >= 4 is 0 Å². The third kappa shape index (κ3) is 5.22. The molecule has 1 aromatic carbocycles. The van der Waals surface area contributed by atoms with Gasteiger partial charge in [0, 0.05) is 6.04 Å². The van der Waals surface area contributed by atoms with Gasteiger partial charge in [0.05, 0.1) is 0 Å². The van der Waals surface area contributed by atoms with Crippen LogP contribution in [0.5, 0.6) is 0 Å². The summed E-state index contributed by atoms with van der Waals surface area (Å²) in [5.41, 5.74) is 1.46. The molecule has 2 unspecified atom stereocenters. The second-order valence-electron chi connectivity index (χ2n) is 5.73. The van der Waals surface area contributed by atoms with Crippen LogP contribution < -0.4 is 5.32 Å². The Morgan fingerprint density at radius 2 is 1.72 bits per heavy atom. The van der Waals surface area contributed by atoms with Gasteiger partial charge in [-0.1, -0.05) is 58.0 Å². The fourth-order valence-corrected chi connectivity index (χ4v) is 2.62. The molecule has 0 spiro atoms. The zero-order chi connectivity index (χ0) is 13.4. The Morgan fingerprint density at radius 1 is 1.06 bits per heavy atom. The molecule has 1 heteroatoms. The van der Waals surface area contributed by atoms with E-state index >= 15 is 0 Å². The monoisotopic (exact) mass is 247 g/mol. The van der Waals surface area contributed by atoms with Crippen molar-refractivity contribution < 1.29 is 0 Å². The highest BCUT2D eigenvalue weighted by molar-refractivity contribution is 5.14. The molecule has 0 aliphatic rings. The normalized spacial score (nSPS) is 14.7. The molecule has 1 rings (SSSR count). The SMILES string of the molecule is CCCNC(C(C)C)C(C)CCc1ccccc1. The maximum absolute atomic E-state index is 3.70. The van der Waals surface area contributed by atoms with E-state index in [-0.39, 0.29) is 0 Å². The topological polar surface area (TPSA) is 12.0 Å². The average molecular weight is 247 g/mol. The molecular weight excluding hydrogens is 218 g/mol. The van der Waals surface area contributed by atoms with Crippen LogP contribution in [0.15, 0.2) is 30.3 Å². The summed E-state index contributed by atoms with van der Waals surface area (Å²) in [6, 6.07) is 11.5. The number of nitrogens with one attached hydrogen (secondary N) is 1. The molecule has 1 N–H and O–H groups in total. The summed E-state index contributed by atoms with van der Waals surface area (Å²) >= 11 is 0. The Hall–Kier alpha value is -0.820. The largest absolute Gasteiger partial charge is 0.313 e. The van der Waals surface area contributed by atoms with Crippen LogP contribution in [-0.2, 0) is 6.42 Å². The molecule has 0 amide bonds. The minimum Gasteiger partial charge on any atom is -0.313 e. The Bertz CT molecular complexity index is 305.